The number of piperazine rings is 1. The maximum atomic E-state index is 5.35. The van der Waals surface area contributed by atoms with Crippen LogP contribution in [0.3, 0.4) is 0 Å². The molecule has 0 spiro atoms. The third-order valence-electron chi connectivity index (χ3n) is 4.79. The van der Waals surface area contributed by atoms with Gasteiger partial charge in [-0.2, -0.15) is 4.98 Å². The molecule has 3 rings (SSSR count). The second kappa shape index (κ2) is 7.83. The van der Waals surface area contributed by atoms with Crippen LogP contribution in [0.25, 0.3) is 0 Å². The monoisotopic (exact) mass is 337 g/mol. The Morgan fingerprint density at radius 2 is 1.72 bits per heavy atom. The van der Waals surface area contributed by atoms with Crippen LogP contribution >= 0.6 is 0 Å². The summed E-state index contributed by atoms with van der Waals surface area (Å²) >= 11 is 0. The van der Waals surface area contributed by atoms with Crippen molar-refractivity contribution >= 4 is 32.4 Å². The second-order valence-corrected chi connectivity index (χ2v) is 6.56. The van der Waals surface area contributed by atoms with E-state index in [4.69, 9.17) is 9.47 Å². The summed E-state index contributed by atoms with van der Waals surface area (Å²) in [5, 5.41) is 0. The fourth-order valence-corrected chi connectivity index (χ4v) is 3.32. The average molecular weight is 337 g/mol. The van der Waals surface area contributed by atoms with Gasteiger partial charge in [-0.1, -0.05) is 18.2 Å². The smallest absolute Gasteiger partial charge is 0.208 e. The van der Waals surface area contributed by atoms with Crippen molar-refractivity contribution in [2.75, 3.05) is 45.3 Å². The lowest BCUT2D eigenvalue weighted by Crippen LogP contribution is -2.46. The molecule has 0 atom stereocenters. The molecule has 7 heteroatoms. The molecule has 0 bridgehead atoms. The molecule has 0 N–H and O–H groups in total. The summed E-state index contributed by atoms with van der Waals surface area (Å²) in [5.41, 5.74) is 3.59. The van der Waals surface area contributed by atoms with Crippen LogP contribution in [-0.4, -0.2) is 66.0 Å². The van der Waals surface area contributed by atoms with Crippen LogP contribution in [0.15, 0.2) is 30.3 Å². The van der Waals surface area contributed by atoms with Crippen molar-refractivity contribution in [3.05, 3.63) is 35.9 Å². The maximum Gasteiger partial charge on any atom is 0.208 e. The molecule has 130 valence electrons. The molecule has 0 amide bonds. The Hall–Kier alpha value is -2.14. The van der Waals surface area contributed by atoms with Gasteiger partial charge in [0.15, 0.2) is 0 Å². The number of aromatic nitrogens is 1. The van der Waals surface area contributed by atoms with Crippen LogP contribution < -0.4 is 25.3 Å². The predicted octanol–water partition coefficient (Wildman–Crippen LogP) is -1.06. The SMILES string of the molecule is Bc1cc(CN2CCN(c3ccc(B)c(OC)n3)CC2)ccc1OC. The van der Waals surface area contributed by atoms with Gasteiger partial charge in [-0.05, 0) is 28.6 Å². The molecular weight excluding hydrogens is 312 g/mol. The minimum absolute atomic E-state index is 0.716. The lowest BCUT2D eigenvalue weighted by atomic mass is 9.93. The highest BCUT2D eigenvalue weighted by atomic mass is 16.5. The first-order valence-corrected chi connectivity index (χ1v) is 8.73. The van der Waals surface area contributed by atoms with E-state index >= 15 is 0 Å². The number of pyridine rings is 1. The van der Waals surface area contributed by atoms with E-state index in [0.29, 0.717) is 5.88 Å². The summed E-state index contributed by atoms with van der Waals surface area (Å²) in [6, 6.07) is 10.6. The summed E-state index contributed by atoms with van der Waals surface area (Å²) in [6.07, 6.45) is 0. The number of hydrogen-bond acceptors (Lipinski definition) is 5. The number of benzene rings is 1. The molecule has 1 fully saturated rings. The first-order chi connectivity index (χ1) is 12.1. The molecule has 2 aromatic rings. The number of methoxy groups -OCH3 is 2. The van der Waals surface area contributed by atoms with Crippen molar-refractivity contribution in [1.82, 2.24) is 9.88 Å². The van der Waals surface area contributed by atoms with Crippen molar-refractivity contribution < 1.29 is 9.47 Å². The molecule has 1 saturated heterocycles. The molecule has 0 saturated carbocycles. The highest BCUT2D eigenvalue weighted by Gasteiger charge is 2.19. The van der Waals surface area contributed by atoms with Crippen LogP contribution in [0.1, 0.15) is 5.56 Å². The van der Waals surface area contributed by atoms with E-state index in [1.165, 1.54) is 11.0 Å². The van der Waals surface area contributed by atoms with Gasteiger partial charge in [-0.3, -0.25) is 4.90 Å². The van der Waals surface area contributed by atoms with Crippen molar-refractivity contribution in [3.63, 3.8) is 0 Å². The van der Waals surface area contributed by atoms with Crippen molar-refractivity contribution in [2.24, 2.45) is 0 Å². The summed E-state index contributed by atoms with van der Waals surface area (Å²) in [5.74, 6) is 2.67. The second-order valence-electron chi connectivity index (χ2n) is 6.56. The van der Waals surface area contributed by atoms with Crippen LogP contribution in [0.2, 0.25) is 0 Å². The Kier molecular flexibility index (Phi) is 5.53. The lowest BCUT2D eigenvalue weighted by molar-refractivity contribution is 0.249. The van der Waals surface area contributed by atoms with Gasteiger partial charge >= 0.3 is 0 Å². The summed E-state index contributed by atoms with van der Waals surface area (Å²) < 4.78 is 10.7. The molecule has 2 heterocycles. The van der Waals surface area contributed by atoms with E-state index in [0.717, 1.165) is 49.8 Å². The van der Waals surface area contributed by atoms with Gasteiger partial charge < -0.3 is 14.4 Å². The standard InChI is InChI=1S/C18H25B2N3O2/c1-24-16-5-3-13(11-15(16)20)12-22-7-9-23(10-8-22)17-6-4-14(19)18(21-17)25-2/h3-6,11H,7-10,12,19-20H2,1-2H3. The fraction of sp³-hybridized carbons (Fsp3) is 0.389. The van der Waals surface area contributed by atoms with E-state index in [1.807, 2.05) is 7.85 Å². The molecule has 5 nitrogen and oxygen atoms in total. The zero-order valence-corrected chi connectivity index (χ0v) is 15.6. The molecule has 1 aromatic carbocycles. The topological polar surface area (TPSA) is 37.8 Å². The zero-order valence-electron chi connectivity index (χ0n) is 15.6. The third-order valence-corrected chi connectivity index (χ3v) is 4.79. The number of rotatable bonds is 5. The quantitative estimate of drug-likeness (QED) is 0.651. The molecule has 1 aliphatic rings. The number of anilines is 1. The Morgan fingerprint density at radius 3 is 2.36 bits per heavy atom. The highest BCUT2D eigenvalue weighted by Crippen LogP contribution is 2.17. The Morgan fingerprint density at radius 1 is 0.960 bits per heavy atom. The molecule has 1 aromatic heterocycles. The van der Waals surface area contributed by atoms with E-state index < -0.39 is 0 Å². The van der Waals surface area contributed by atoms with Gasteiger partial charge in [-0.25, -0.2) is 0 Å². The molecular formula is C18H25B2N3O2. The first-order valence-electron chi connectivity index (χ1n) is 8.73. The summed E-state index contributed by atoms with van der Waals surface area (Å²) in [6.45, 7) is 5.00. The van der Waals surface area contributed by atoms with Gasteiger partial charge in [0.25, 0.3) is 0 Å². The molecule has 0 unspecified atom stereocenters. The molecule has 0 radical (unpaired) electrons. The molecule has 1 aliphatic heterocycles. The molecule has 0 aliphatic carbocycles. The van der Waals surface area contributed by atoms with Crippen LogP contribution in [0, 0.1) is 0 Å². The Labute approximate surface area is 151 Å². The number of ether oxygens (including phenoxy) is 2. The Bertz CT molecular complexity index is 734. The fourth-order valence-electron chi connectivity index (χ4n) is 3.32. The highest BCUT2D eigenvalue weighted by molar-refractivity contribution is 6.34. The van der Waals surface area contributed by atoms with Crippen LogP contribution in [0.4, 0.5) is 5.82 Å². The molecule has 25 heavy (non-hydrogen) atoms. The third kappa shape index (κ3) is 4.10. The minimum atomic E-state index is 0.716. The normalized spacial score (nSPS) is 15.2. The maximum absolute atomic E-state index is 5.35. The van der Waals surface area contributed by atoms with Crippen LogP contribution in [-0.2, 0) is 6.54 Å². The number of nitrogens with zero attached hydrogens (tertiary/aromatic N) is 3. The number of hydrogen-bond donors (Lipinski definition) is 0. The first kappa shape index (κ1) is 17.7. The zero-order chi connectivity index (χ0) is 17.8. The van der Waals surface area contributed by atoms with Gasteiger partial charge in [0, 0.05) is 32.7 Å². The predicted molar refractivity (Wildman–Crippen MR) is 108 cm³/mol. The van der Waals surface area contributed by atoms with E-state index in [-0.39, 0.29) is 0 Å². The average Bonchev–Trinajstić information content (AvgIpc) is 2.63. The van der Waals surface area contributed by atoms with Gasteiger partial charge in [-0.15, -0.1) is 0 Å². The van der Waals surface area contributed by atoms with Crippen molar-refractivity contribution in [2.45, 2.75) is 6.54 Å². The van der Waals surface area contributed by atoms with Crippen molar-refractivity contribution in [3.8, 4) is 11.6 Å². The van der Waals surface area contributed by atoms with Gasteiger partial charge in [0.2, 0.25) is 5.88 Å². The van der Waals surface area contributed by atoms with E-state index in [1.54, 1.807) is 14.2 Å². The van der Waals surface area contributed by atoms with E-state index in [2.05, 4.69) is 53.0 Å². The van der Waals surface area contributed by atoms with Gasteiger partial charge in [0.05, 0.1) is 14.2 Å². The summed E-state index contributed by atoms with van der Waals surface area (Å²) in [7, 11) is 7.50. The minimum Gasteiger partial charge on any atom is -0.497 e. The van der Waals surface area contributed by atoms with Gasteiger partial charge in [0.1, 0.15) is 27.3 Å². The van der Waals surface area contributed by atoms with E-state index in [9.17, 15) is 0 Å². The summed E-state index contributed by atoms with van der Waals surface area (Å²) in [4.78, 5) is 9.45. The van der Waals surface area contributed by atoms with Crippen LogP contribution in [0.5, 0.6) is 11.6 Å². The van der Waals surface area contributed by atoms with Crippen molar-refractivity contribution in [1.29, 1.82) is 0 Å². The Balaban J connectivity index is 1.59. The largest absolute Gasteiger partial charge is 0.497 e. The lowest BCUT2D eigenvalue weighted by Gasteiger charge is -2.35.